The zero-order valence-electron chi connectivity index (χ0n) is 15.8. The Hall–Kier alpha value is -2.86. The maximum atomic E-state index is 12.3. The molecule has 7 heteroatoms. The van der Waals surface area contributed by atoms with E-state index in [0.29, 0.717) is 11.5 Å². The number of amides is 2. The number of carbonyl (C=O) groups is 2. The third-order valence-corrected chi connectivity index (χ3v) is 5.13. The molecule has 0 saturated heterocycles. The summed E-state index contributed by atoms with van der Waals surface area (Å²) >= 11 is 5.69. The first-order valence-electron chi connectivity index (χ1n) is 9.15. The first-order valence-corrected chi connectivity index (χ1v) is 9.53. The number of hydrogen-bond acceptors (Lipinski definition) is 3. The number of rotatable bonds is 6. The molecule has 0 atom stereocenters. The number of benzene rings is 1. The van der Waals surface area contributed by atoms with Crippen LogP contribution in [0.5, 0.6) is 0 Å². The Morgan fingerprint density at radius 1 is 1.14 bits per heavy atom. The van der Waals surface area contributed by atoms with Gasteiger partial charge in [-0.2, -0.15) is 5.10 Å². The quantitative estimate of drug-likeness (QED) is 0.557. The molecule has 1 aliphatic rings. The Bertz CT molecular complexity index is 924. The number of nitrogens with one attached hydrogen (secondary N) is 2. The minimum atomic E-state index is -0.400. The van der Waals surface area contributed by atoms with Gasteiger partial charge in [-0.25, -0.2) is 0 Å². The largest absolute Gasteiger partial charge is 0.322 e. The van der Waals surface area contributed by atoms with E-state index < -0.39 is 5.91 Å². The summed E-state index contributed by atoms with van der Waals surface area (Å²) in [6.07, 6.45) is 4.13. The Morgan fingerprint density at radius 3 is 2.39 bits per heavy atom. The molecule has 0 unspecified atom stereocenters. The second-order valence-corrected chi connectivity index (χ2v) is 7.38. The number of carbonyl (C=O) groups excluding carboxylic acids is 2. The van der Waals surface area contributed by atoms with Crippen molar-refractivity contribution in [3.05, 3.63) is 54.1 Å². The number of aryl methyl sites for hydroxylation is 1. The standard InChI is InChI=1S/C21H23ClN4O2/c1-13(14(2)22)20(27)23-17-10-8-15(9-11-17)18-12-19(26(3)25-18)24-21(28)16-6-4-5-7-16/h8-12,16H,1-2,4-7H2,3H3,(H,23,27)(H,24,28). The van der Waals surface area contributed by atoms with Crippen molar-refractivity contribution < 1.29 is 9.59 Å². The lowest BCUT2D eigenvalue weighted by Gasteiger charge is -2.09. The van der Waals surface area contributed by atoms with Crippen LogP contribution in [0.15, 0.2) is 54.1 Å². The smallest absolute Gasteiger partial charge is 0.256 e. The van der Waals surface area contributed by atoms with E-state index in [1.165, 1.54) is 0 Å². The van der Waals surface area contributed by atoms with E-state index in [4.69, 9.17) is 11.6 Å². The molecule has 0 spiro atoms. The molecule has 28 heavy (non-hydrogen) atoms. The van der Waals surface area contributed by atoms with Crippen LogP contribution in [0.2, 0.25) is 0 Å². The molecule has 0 bridgehead atoms. The van der Waals surface area contributed by atoms with Crippen LogP contribution in [0, 0.1) is 5.92 Å². The number of halogens is 1. The van der Waals surface area contributed by atoms with Gasteiger partial charge in [0.15, 0.2) is 0 Å². The van der Waals surface area contributed by atoms with E-state index >= 15 is 0 Å². The van der Waals surface area contributed by atoms with Gasteiger partial charge in [0.05, 0.1) is 11.3 Å². The highest BCUT2D eigenvalue weighted by Crippen LogP contribution is 2.27. The number of nitrogens with zero attached hydrogens (tertiary/aromatic N) is 2. The van der Waals surface area contributed by atoms with Crippen LogP contribution in [-0.4, -0.2) is 21.6 Å². The molecular formula is C21H23ClN4O2. The van der Waals surface area contributed by atoms with Crippen molar-refractivity contribution in [2.75, 3.05) is 10.6 Å². The Balaban J connectivity index is 1.68. The van der Waals surface area contributed by atoms with Crippen molar-refractivity contribution in [3.8, 4) is 11.3 Å². The summed E-state index contributed by atoms with van der Waals surface area (Å²) in [5, 5.41) is 10.3. The second-order valence-electron chi connectivity index (χ2n) is 6.92. The molecule has 1 saturated carbocycles. The summed E-state index contributed by atoms with van der Waals surface area (Å²) in [5.41, 5.74) is 2.34. The van der Waals surface area contributed by atoms with Gasteiger partial charge in [-0.3, -0.25) is 14.3 Å². The molecule has 1 fully saturated rings. The number of hydrogen-bond donors (Lipinski definition) is 2. The van der Waals surface area contributed by atoms with Gasteiger partial charge in [0, 0.05) is 35.3 Å². The van der Waals surface area contributed by atoms with E-state index in [1.54, 1.807) is 23.9 Å². The molecule has 3 rings (SSSR count). The van der Waals surface area contributed by atoms with Crippen molar-refractivity contribution in [1.29, 1.82) is 0 Å². The minimum absolute atomic E-state index is 0.0613. The third-order valence-electron chi connectivity index (χ3n) is 4.90. The monoisotopic (exact) mass is 398 g/mol. The molecule has 1 heterocycles. The fraction of sp³-hybridized carbons (Fsp3) is 0.286. The number of aromatic nitrogens is 2. The first kappa shape index (κ1) is 19.9. The van der Waals surface area contributed by atoms with Crippen molar-refractivity contribution >= 4 is 34.9 Å². The van der Waals surface area contributed by atoms with Crippen LogP contribution in [0.1, 0.15) is 25.7 Å². The topological polar surface area (TPSA) is 76.0 Å². The Kier molecular flexibility index (Phi) is 5.99. The molecule has 146 valence electrons. The van der Waals surface area contributed by atoms with E-state index in [9.17, 15) is 9.59 Å². The van der Waals surface area contributed by atoms with E-state index in [-0.39, 0.29) is 22.4 Å². The van der Waals surface area contributed by atoms with Gasteiger partial charge in [-0.1, -0.05) is 49.7 Å². The molecule has 0 radical (unpaired) electrons. The van der Waals surface area contributed by atoms with Crippen LogP contribution in [0.25, 0.3) is 11.3 Å². The average Bonchev–Trinajstić information content (AvgIpc) is 3.32. The van der Waals surface area contributed by atoms with Gasteiger partial charge in [-0.15, -0.1) is 0 Å². The highest BCUT2D eigenvalue weighted by atomic mass is 35.5. The maximum Gasteiger partial charge on any atom is 0.256 e. The van der Waals surface area contributed by atoms with Crippen molar-refractivity contribution in [2.45, 2.75) is 25.7 Å². The van der Waals surface area contributed by atoms with E-state index in [0.717, 1.165) is 36.9 Å². The van der Waals surface area contributed by atoms with Gasteiger partial charge in [0.25, 0.3) is 5.91 Å². The fourth-order valence-corrected chi connectivity index (χ4v) is 3.28. The molecule has 6 nitrogen and oxygen atoms in total. The van der Waals surface area contributed by atoms with E-state index in [2.05, 4.69) is 28.9 Å². The van der Waals surface area contributed by atoms with Gasteiger partial charge < -0.3 is 10.6 Å². The minimum Gasteiger partial charge on any atom is -0.322 e. The maximum absolute atomic E-state index is 12.3. The van der Waals surface area contributed by atoms with Gasteiger partial charge in [0.1, 0.15) is 5.82 Å². The van der Waals surface area contributed by atoms with Crippen molar-refractivity contribution in [3.63, 3.8) is 0 Å². The normalized spacial score (nSPS) is 13.9. The highest BCUT2D eigenvalue weighted by molar-refractivity contribution is 6.35. The van der Waals surface area contributed by atoms with Crippen LogP contribution in [-0.2, 0) is 16.6 Å². The molecule has 2 N–H and O–H groups in total. The predicted molar refractivity (Wildman–Crippen MR) is 112 cm³/mol. The Morgan fingerprint density at radius 2 is 1.79 bits per heavy atom. The molecule has 1 aliphatic carbocycles. The molecule has 0 aliphatic heterocycles. The zero-order valence-corrected chi connectivity index (χ0v) is 16.6. The van der Waals surface area contributed by atoms with Crippen LogP contribution in [0.3, 0.4) is 0 Å². The zero-order chi connectivity index (χ0) is 20.3. The van der Waals surface area contributed by atoms with E-state index in [1.807, 2.05) is 18.2 Å². The van der Waals surface area contributed by atoms with Crippen LogP contribution in [0.4, 0.5) is 11.5 Å². The third kappa shape index (κ3) is 4.51. The molecule has 1 aromatic heterocycles. The second kappa shape index (κ2) is 8.44. The average molecular weight is 399 g/mol. The molecule has 1 aromatic carbocycles. The SMILES string of the molecule is C=C(Cl)C(=C)C(=O)Nc1ccc(-c2cc(NC(=O)C3CCCC3)n(C)n2)cc1. The lowest BCUT2D eigenvalue weighted by atomic mass is 10.1. The van der Waals surface area contributed by atoms with Crippen molar-refractivity contribution in [2.24, 2.45) is 13.0 Å². The first-order chi connectivity index (χ1) is 13.3. The fourth-order valence-electron chi connectivity index (χ4n) is 3.20. The summed E-state index contributed by atoms with van der Waals surface area (Å²) in [5.74, 6) is 0.426. The number of anilines is 2. The Labute approximate surface area is 169 Å². The lowest BCUT2D eigenvalue weighted by Crippen LogP contribution is -2.21. The predicted octanol–water partition coefficient (Wildman–Crippen LogP) is 4.46. The van der Waals surface area contributed by atoms with Gasteiger partial charge in [0.2, 0.25) is 5.91 Å². The summed E-state index contributed by atoms with van der Waals surface area (Å²) in [4.78, 5) is 24.3. The molecule has 2 aromatic rings. The summed E-state index contributed by atoms with van der Waals surface area (Å²) < 4.78 is 1.66. The molecule has 2 amide bonds. The summed E-state index contributed by atoms with van der Waals surface area (Å²) in [7, 11) is 1.80. The van der Waals surface area contributed by atoms with Gasteiger partial charge >= 0.3 is 0 Å². The lowest BCUT2D eigenvalue weighted by molar-refractivity contribution is -0.119. The summed E-state index contributed by atoms with van der Waals surface area (Å²) in [6.45, 7) is 7.08. The van der Waals surface area contributed by atoms with Crippen LogP contribution >= 0.6 is 11.6 Å². The highest BCUT2D eigenvalue weighted by Gasteiger charge is 2.23. The summed E-state index contributed by atoms with van der Waals surface area (Å²) in [6, 6.07) is 9.07. The molecular weight excluding hydrogens is 376 g/mol. The van der Waals surface area contributed by atoms with Crippen molar-refractivity contribution in [1.82, 2.24) is 9.78 Å². The van der Waals surface area contributed by atoms with Crippen LogP contribution < -0.4 is 10.6 Å². The van der Waals surface area contributed by atoms with Gasteiger partial charge in [-0.05, 0) is 25.0 Å².